The van der Waals surface area contributed by atoms with Gasteiger partial charge < -0.3 is 5.32 Å². The minimum Gasteiger partial charge on any atom is -0.312 e. The van der Waals surface area contributed by atoms with Crippen LogP contribution >= 0.6 is 0 Å². The van der Waals surface area contributed by atoms with Crippen LogP contribution < -0.4 is 5.32 Å². The van der Waals surface area contributed by atoms with E-state index in [1.165, 1.54) is 5.57 Å². The Hall–Kier alpha value is -0.150. The van der Waals surface area contributed by atoms with Gasteiger partial charge in [0.05, 0.1) is 0 Å². The number of rotatable bonds is 6. The second-order valence-corrected chi connectivity index (χ2v) is 4.85. The van der Waals surface area contributed by atoms with Crippen LogP contribution in [0.4, 0.5) is 0 Å². The molecule has 0 bridgehead atoms. The monoisotopic (exact) mass is 189 g/mol. The van der Waals surface area contributed by atoms with Crippen molar-refractivity contribution in [1.29, 1.82) is 0 Å². The maximum absolute atomic E-state index is 10.9. The molecule has 0 amide bonds. The fourth-order valence-electron chi connectivity index (χ4n) is 0.695. The number of hydrogen-bond donors (Lipinski definition) is 1. The molecule has 0 aromatic rings. The first kappa shape index (κ1) is 11.8. The van der Waals surface area contributed by atoms with E-state index in [2.05, 4.69) is 18.8 Å². The zero-order valence-electron chi connectivity index (χ0n) is 8.22. The predicted octanol–water partition coefficient (Wildman–Crippen LogP) is 1.31. The van der Waals surface area contributed by atoms with Gasteiger partial charge in [-0.3, -0.25) is 4.21 Å². The molecular weight excluding hydrogens is 170 g/mol. The van der Waals surface area contributed by atoms with Gasteiger partial charge >= 0.3 is 0 Å². The lowest BCUT2D eigenvalue weighted by Crippen LogP contribution is -2.28. The summed E-state index contributed by atoms with van der Waals surface area (Å²) in [4.78, 5) is 0. The standard InChI is InChI=1S/C9H19NOS/c1-5-8(2)6-10-7-9(3)12(4)11/h9-10H,2,5-7H2,1,3-4H3. The summed E-state index contributed by atoms with van der Waals surface area (Å²) in [6, 6.07) is 0. The average Bonchev–Trinajstić information content (AvgIpc) is 2.03. The van der Waals surface area contributed by atoms with Gasteiger partial charge in [-0.05, 0) is 13.3 Å². The summed E-state index contributed by atoms with van der Waals surface area (Å²) in [6.45, 7) is 9.60. The van der Waals surface area contributed by atoms with Gasteiger partial charge in [-0.25, -0.2) is 0 Å². The quantitative estimate of drug-likeness (QED) is 0.638. The molecule has 0 heterocycles. The molecule has 0 saturated carbocycles. The smallest absolute Gasteiger partial charge is 0.0441 e. The highest BCUT2D eigenvalue weighted by Crippen LogP contribution is 1.94. The van der Waals surface area contributed by atoms with Crippen molar-refractivity contribution >= 4 is 10.8 Å². The molecule has 12 heavy (non-hydrogen) atoms. The van der Waals surface area contributed by atoms with Crippen molar-refractivity contribution in [2.24, 2.45) is 0 Å². The molecule has 0 aliphatic rings. The van der Waals surface area contributed by atoms with Gasteiger partial charge in [-0.1, -0.05) is 19.1 Å². The Balaban J connectivity index is 3.43. The van der Waals surface area contributed by atoms with Crippen LogP contribution in [-0.4, -0.2) is 28.8 Å². The highest BCUT2D eigenvalue weighted by Gasteiger charge is 2.04. The maximum atomic E-state index is 10.9. The molecule has 0 fully saturated rings. The second kappa shape index (κ2) is 6.38. The van der Waals surface area contributed by atoms with E-state index in [9.17, 15) is 4.21 Å². The van der Waals surface area contributed by atoms with E-state index in [1.54, 1.807) is 6.26 Å². The Kier molecular flexibility index (Phi) is 6.30. The van der Waals surface area contributed by atoms with Crippen LogP contribution in [0.2, 0.25) is 0 Å². The minimum atomic E-state index is -0.719. The van der Waals surface area contributed by atoms with E-state index in [1.807, 2.05) is 6.92 Å². The maximum Gasteiger partial charge on any atom is 0.0441 e. The van der Waals surface area contributed by atoms with Crippen LogP contribution in [0.15, 0.2) is 12.2 Å². The lowest BCUT2D eigenvalue weighted by molar-refractivity contribution is 0.658. The van der Waals surface area contributed by atoms with E-state index in [0.717, 1.165) is 19.5 Å². The molecule has 0 saturated heterocycles. The van der Waals surface area contributed by atoms with Crippen molar-refractivity contribution in [3.8, 4) is 0 Å². The van der Waals surface area contributed by atoms with Gasteiger partial charge in [-0.15, -0.1) is 0 Å². The molecule has 0 radical (unpaired) electrons. The van der Waals surface area contributed by atoms with Gasteiger partial charge in [-0.2, -0.15) is 0 Å². The highest BCUT2D eigenvalue weighted by atomic mass is 32.2. The van der Waals surface area contributed by atoms with E-state index in [-0.39, 0.29) is 5.25 Å². The van der Waals surface area contributed by atoms with Crippen molar-refractivity contribution in [3.63, 3.8) is 0 Å². The van der Waals surface area contributed by atoms with E-state index in [4.69, 9.17) is 0 Å². The third kappa shape index (κ3) is 5.49. The SMILES string of the molecule is C=C(CC)CNCC(C)S(C)=O. The molecule has 3 heteroatoms. The van der Waals surface area contributed by atoms with Gasteiger partial charge in [0, 0.05) is 35.4 Å². The van der Waals surface area contributed by atoms with Gasteiger partial charge in [0.1, 0.15) is 0 Å². The lowest BCUT2D eigenvalue weighted by atomic mass is 10.2. The normalized spacial score (nSPS) is 15.6. The predicted molar refractivity (Wildman–Crippen MR) is 55.8 cm³/mol. The van der Waals surface area contributed by atoms with Crippen LogP contribution in [0.5, 0.6) is 0 Å². The highest BCUT2D eigenvalue weighted by molar-refractivity contribution is 7.84. The van der Waals surface area contributed by atoms with Crippen LogP contribution in [0.3, 0.4) is 0 Å². The van der Waals surface area contributed by atoms with E-state index >= 15 is 0 Å². The second-order valence-electron chi connectivity index (χ2n) is 3.04. The summed E-state index contributed by atoms with van der Waals surface area (Å²) in [7, 11) is -0.719. The minimum absolute atomic E-state index is 0.231. The summed E-state index contributed by atoms with van der Waals surface area (Å²) in [5, 5.41) is 3.46. The molecule has 0 aliphatic heterocycles. The molecule has 0 aromatic carbocycles. The van der Waals surface area contributed by atoms with Crippen LogP contribution in [-0.2, 0) is 10.8 Å². The average molecular weight is 189 g/mol. The van der Waals surface area contributed by atoms with Crippen molar-refractivity contribution < 1.29 is 4.21 Å². The fourth-order valence-corrected chi connectivity index (χ4v) is 1.05. The Bertz CT molecular complexity index is 168. The Morgan fingerprint density at radius 2 is 2.25 bits per heavy atom. The number of nitrogens with one attached hydrogen (secondary N) is 1. The molecule has 0 spiro atoms. The summed E-state index contributed by atoms with van der Waals surface area (Å²) >= 11 is 0. The summed E-state index contributed by atoms with van der Waals surface area (Å²) in [6.07, 6.45) is 2.75. The van der Waals surface area contributed by atoms with Gasteiger partial charge in [0.25, 0.3) is 0 Å². The number of hydrogen-bond acceptors (Lipinski definition) is 2. The van der Waals surface area contributed by atoms with Crippen LogP contribution in [0.25, 0.3) is 0 Å². The Morgan fingerprint density at radius 3 is 2.67 bits per heavy atom. The van der Waals surface area contributed by atoms with Crippen molar-refractivity contribution in [1.82, 2.24) is 5.32 Å². The Morgan fingerprint density at radius 1 is 1.67 bits per heavy atom. The first-order valence-electron chi connectivity index (χ1n) is 4.27. The van der Waals surface area contributed by atoms with Gasteiger partial charge in [0.15, 0.2) is 0 Å². The summed E-state index contributed by atoms with van der Waals surface area (Å²) in [5.74, 6) is 0. The third-order valence-electron chi connectivity index (χ3n) is 1.87. The largest absolute Gasteiger partial charge is 0.312 e. The van der Waals surface area contributed by atoms with Crippen molar-refractivity contribution in [2.45, 2.75) is 25.5 Å². The fraction of sp³-hybridized carbons (Fsp3) is 0.778. The first-order valence-corrected chi connectivity index (χ1v) is 5.89. The molecule has 72 valence electrons. The van der Waals surface area contributed by atoms with Crippen LogP contribution in [0.1, 0.15) is 20.3 Å². The van der Waals surface area contributed by atoms with Crippen molar-refractivity contribution in [3.05, 3.63) is 12.2 Å². The topological polar surface area (TPSA) is 29.1 Å². The molecule has 0 aliphatic carbocycles. The van der Waals surface area contributed by atoms with Crippen LogP contribution in [0, 0.1) is 0 Å². The molecule has 2 atom stereocenters. The lowest BCUT2D eigenvalue weighted by Gasteiger charge is -2.10. The summed E-state index contributed by atoms with van der Waals surface area (Å²) < 4.78 is 10.9. The molecule has 0 aromatic heterocycles. The molecule has 2 nitrogen and oxygen atoms in total. The molecule has 0 rings (SSSR count). The Labute approximate surface area is 77.9 Å². The van der Waals surface area contributed by atoms with E-state index in [0.29, 0.717) is 0 Å². The molecule has 2 unspecified atom stereocenters. The third-order valence-corrected chi connectivity index (χ3v) is 3.17. The first-order chi connectivity index (χ1) is 5.57. The van der Waals surface area contributed by atoms with Crippen molar-refractivity contribution in [2.75, 3.05) is 19.3 Å². The molecule has 1 N–H and O–H groups in total. The molecular formula is C9H19NOS. The summed E-state index contributed by atoms with van der Waals surface area (Å²) in [5.41, 5.74) is 1.20. The van der Waals surface area contributed by atoms with Gasteiger partial charge in [0.2, 0.25) is 0 Å². The zero-order chi connectivity index (χ0) is 9.56. The van der Waals surface area contributed by atoms with E-state index < -0.39 is 10.8 Å². The zero-order valence-corrected chi connectivity index (χ0v) is 9.04.